The van der Waals surface area contributed by atoms with Crippen molar-refractivity contribution in [1.29, 1.82) is 0 Å². The van der Waals surface area contributed by atoms with E-state index in [4.69, 9.17) is 30.4 Å². The third-order valence-electron chi connectivity index (χ3n) is 3.73. The smallest absolute Gasteiger partial charge is 0.393 e. The number of hydrogen-bond donors (Lipinski definition) is 0. The normalized spacial score (nSPS) is 14.2. The van der Waals surface area contributed by atoms with Crippen molar-refractivity contribution in [2.24, 2.45) is 0 Å². The van der Waals surface area contributed by atoms with Crippen molar-refractivity contribution in [3.05, 3.63) is 0 Å². The zero-order valence-electron chi connectivity index (χ0n) is 15.5. The molecule has 0 aromatic heterocycles. The molecule has 22 heavy (non-hydrogen) atoms. The molecule has 0 aliphatic heterocycles. The Kier molecular flexibility index (Phi) is 9.16. The average molecular weight is 373 g/mol. The third kappa shape index (κ3) is 4.93. The molecule has 0 aliphatic carbocycles. The number of rotatable bonds is 11. The van der Waals surface area contributed by atoms with Gasteiger partial charge in [-0.1, -0.05) is 27.7 Å². The van der Waals surface area contributed by atoms with Crippen LogP contribution < -0.4 is 0 Å². The summed E-state index contributed by atoms with van der Waals surface area (Å²) in [5.74, 6) is 0. The van der Waals surface area contributed by atoms with Crippen LogP contribution in [0, 0.1) is 0 Å². The van der Waals surface area contributed by atoms with E-state index in [0.29, 0.717) is 0 Å². The fourth-order valence-corrected chi connectivity index (χ4v) is 14.0. The summed E-state index contributed by atoms with van der Waals surface area (Å²) < 4.78 is 40.1. The first-order valence-electron chi connectivity index (χ1n) is 7.27. The Bertz CT molecular complexity index is 304. The van der Waals surface area contributed by atoms with Gasteiger partial charge in [-0.05, 0) is 11.1 Å². The second-order valence-corrected chi connectivity index (χ2v) is 15.8. The first-order valence-corrected chi connectivity index (χ1v) is 13.1. The maximum Gasteiger partial charge on any atom is 0.669 e. The molecule has 0 amide bonds. The van der Waals surface area contributed by atoms with Crippen LogP contribution in [0.5, 0.6) is 0 Å². The summed E-state index contributed by atoms with van der Waals surface area (Å²) >= 11 is 0. The molecule has 0 heterocycles. The first kappa shape index (κ1) is 22.4. The summed E-state index contributed by atoms with van der Waals surface area (Å²) in [6.07, 6.45) is 0. The Morgan fingerprint density at radius 1 is 0.591 bits per heavy atom. The average Bonchev–Trinajstić information content (AvgIpc) is 2.51. The molecular formula is C12H32O7Si3. The maximum atomic E-state index is 6.41. The van der Waals surface area contributed by atoms with E-state index in [1.54, 1.807) is 14.2 Å². The van der Waals surface area contributed by atoms with E-state index in [9.17, 15) is 0 Å². The molecule has 0 aromatic rings. The van der Waals surface area contributed by atoms with Crippen LogP contribution in [0.25, 0.3) is 0 Å². The monoisotopic (exact) mass is 372 g/mol. The van der Waals surface area contributed by atoms with Crippen molar-refractivity contribution >= 4 is 26.4 Å². The van der Waals surface area contributed by atoms with Gasteiger partial charge in [-0.2, -0.15) is 0 Å². The Hall–Kier alpha value is 0.371. The van der Waals surface area contributed by atoms with Gasteiger partial charge in [0.2, 0.25) is 0 Å². The lowest BCUT2D eigenvalue weighted by Gasteiger charge is -2.44. The molecule has 0 spiro atoms. The summed E-state index contributed by atoms with van der Waals surface area (Å²) in [6, 6.07) is 0. The van der Waals surface area contributed by atoms with E-state index in [2.05, 4.69) is 27.7 Å². The van der Waals surface area contributed by atoms with Crippen LogP contribution in [0.3, 0.4) is 0 Å². The maximum absolute atomic E-state index is 6.41. The topological polar surface area (TPSA) is 64.6 Å². The van der Waals surface area contributed by atoms with Gasteiger partial charge >= 0.3 is 26.4 Å². The fraction of sp³-hybridized carbons (Fsp3) is 1.00. The summed E-state index contributed by atoms with van der Waals surface area (Å²) in [7, 11) is -1.17. The highest BCUT2D eigenvalue weighted by Crippen LogP contribution is 2.39. The van der Waals surface area contributed by atoms with Crippen LogP contribution in [-0.2, 0) is 30.4 Å². The molecule has 0 unspecified atom stereocenters. The molecule has 134 valence electrons. The van der Waals surface area contributed by atoms with Crippen LogP contribution in [0.4, 0.5) is 0 Å². The summed E-state index contributed by atoms with van der Waals surface area (Å²) in [5.41, 5.74) is 0.244. The van der Waals surface area contributed by atoms with Crippen molar-refractivity contribution in [1.82, 2.24) is 0 Å². The lowest BCUT2D eigenvalue weighted by atomic mass is 10.5. The van der Waals surface area contributed by atoms with Crippen molar-refractivity contribution in [3.8, 4) is 0 Å². The molecule has 10 heteroatoms. The Balaban J connectivity index is 5.80. The van der Waals surface area contributed by atoms with Gasteiger partial charge in [-0.3, -0.25) is 0 Å². The van der Waals surface area contributed by atoms with Gasteiger partial charge in [0.25, 0.3) is 0 Å². The second-order valence-electron chi connectivity index (χ2n) is 5.62. The molecule has 0 atom stereocenters. The quantitative estimate of drug-likeness (QED) is 0.516. The first-order chi connectivity index (χ1) is 10.1. The van der Waals surface area contributed by atoms with Gasteiger partial charge in [0.1, 0.15) is 0 Å². The molecule has 7 nitrogen and oxygen atoms in total. The van der Waals surface area contributed by atoms with Crippen LogP contribution in [0.1, 0.15) is 27.7 Å². The van der Waals surface area contributed by atoms with Gasteiger partial charge in [-0.25, -0.2) is 0 Å². The van der Waals surface area contributed by atoms with E-state index in [-0.39, 0.29) is 11.1 Å². The molecule has 0 aliphatic rings. The largest absolute Gasteiger partial charge is 0.669 e. The molecule has 0 N–H and O–H groups in total. The van der Waals surface area contributed by atoms with E-state index >= 15 is 0 Å². The lowest BCUT2D eigenvalue weighted by Crippen LogP contribution is -2.64. The van der Waals surface area contributed by atoms with Crippen molar-refractivity contribution in [3.63, 3.8) is 0 Å². The molecule has 0 radical (unpaired) electrons. The van der Waals surface area contributed by atoms with E-state index in [1.165, 1.54) is 21.3 Å². The van der Waals surface area contributed by atoms with Crippen molar-refractivity contribution < 1.29 is 30.4 Å². The highest BCUT2D eigenvalue weighted by Gasteiger charge is 2.59. The summed E-state index contributed by atoms with van der Waals surface area (Å²) in [5, 5.41) is 0. The van der Waals surface area contributed by atoms with E-state index in [0.717, 1.165) is 0 Å². The third-order valence-corrected chi connectivity index (χ3v) is 15.0. The second kappa shape index (κ2) is 9.01. The van der Waals surface area contributed by atoms with E-state index < -0.39 is 26.4 Å². The summed E-state index contributed by atoms with van der Waals surface area (Å²) in [4.78, 5) is 0. The molecule has 0 bridgehead atoms. The fourth-order valence-electron chi connectivity index (χ4n) is 2.19. The molecule has 0 saturated heterocycles. The standard InChI is InChI=1S/C12H32O7Si3/c1-11(2)21(12(3)4,18-20(10,13-5)14-6)19-22(15-7,16-8)17-9/h11-12H,1-10H3. The Morgan fingerprint density at radius 3 is 1.18 bits per heavy atom. The van der Waals surface area contributed by atoms with Crippen LogP contribution >= 0.6 is 0 Å². The minimum atomic E-state index is -3.26. The Labute approximate surface area is 138 Å². The van der Waals surface area contributed by atoms with Crippen LogP contribution in [0.2, 0.25) is 17.6 Å². The van der Waals surface area contributed by atoms with Crippen molar-refractivity contribution in [2.75, 3.05) is 35.5 Å². The summed E-state index contributed by atoms with van der Waals surface area (Å²) in [6.45, 7) is 10.1. The minimum absolute atomic E-state index is 0.122. The molecule has 0 saturated carbocycles. The molecule has 0 rings (SSSR count). The van der Waals surface area contributed by atoms with E-state index in [1.807, 2.05) is 6.55 Å². The van der Waals surface area contributed by atoms with Crippen LogP contribution in [-0.4, -0.2) is 62.0 Å². The molecule has 0 aromatic carbocycles. The lowest BCUT2D eigenvalue weighted by molar-refractivity contribution is 0.0316. The molecule has 0 fully saturated rings. The zero-order valence-corrected chi connectivity index (χ0v) is 18.5. The highest BCUT2D eigenvalue weighted by molar-refractivity contribution is 6.84. The predicted molar refractivity (Wildman–Crippen MR) is 90.5 cm³/mol. The highest BCUT2D eigenvalue weighted by atomic mass is 28.5. The van der Waals surface area contributed by atoms with Gasteiger partial charge in [0.05, 0.1) is 0 Å². The number of hydrogen-bond acceptors (Lipinski definition) is 7. The van der Waals surface area contributed by atoms with Gasteiger partial charge in [0.15, 0.2) is 0 Å². The Morgan fingerprint density at radius 2 is 0.955 bits per heavy atom. The van der Waals surface area contributed by atoms with Gasteiger partial charge in [0, 0.05) is 42.1 Å². The SMILES string of the molecule is CO[Si](C)(OC)O[Si](O[Si](OC)(OC)OC)(C(C)C)C(C)C. The van der Waals surface area contributed by atoms with Gasteiger partial charge < -0.3 is 30.4 Å². The predicted octanol–water partition coefficient (Wildman–Crippen LogP) is 2.52. The zero-order chi connectivity index (χ0) is 17.6. The van der Waals surface area contributed by atoms with Crippen molar-refractivity contribution in [2.45, 2.75) is 45.3 Å². The minimum Gasteiger partial charge on any atom is -0.393 e. The van der Waals surface area contributed by atoms with Crippen LogP contribution in [0.15, 0.2) is 0 Å². The van der Waals surface area contributed by atoms with Gasteiger partial charge in [-0.15, -0.1) is 0 Å². The molecular weight excluding hydrogens is 340 g/mol.